The molecule has 0 aromatic carbocycles. The summed E-state index contributed by atoms with van der Waals surface area (Å²) in [7, 11) is 0. The molecular weight excluding hydrogens is 202 g/mol. The van der Waals surface area contributed by atoms with E-state index in [1.54, 1.807) is 0 Å². The molecule has 1 N–H and O–H groups in total. The van der Waals surface area contributed by atoms with Crippen LogP contribution in [0.25, 0.3) is 0 Å². The van der Waals surface area contributed by atoms with Gasteiger partial charge < -0.3 is 9.84 Å². The Morgan fingerprint density at radius 3 is 2.56 bits per heavy atom. The SMILES string of the molecule is CCC(C)CC(CC)NCc1nc(C)no1. The van der Waals surface area contributed by atoms with Gasteiger partial charge in [-0.3, -0.25) is 0 Å². The van der Waals surface area contributed by atoms with Gasteiger partial charge in [0.25, 0.3) is 0 Å². The number of rotatable bonds is 7. The molecule has 1 aromatic rings. The van der Waals surface area contributed by atoms with Gasteiger partial charge in [0.2, 0.25) is 5.89 Å². The molecule has 0 aliphatic heterocycles. The highest BCUT2D eigenvalue weighted by atomic mass is 16.5. The zero-order valence-electron chi connectivity index (χ0n) is 10.8. The first-order chi connectivity index (χ1) is 7.65. The number of hydrogen-bond donors (Lipinski definition) is 1. The zero-order valence-corrected chi connectivity index (χ0v) is 10.8. The topological polar surface area (TPSA) is 51.0 Å². The van der Waals surface area contributed by atoms with Crippen LogP contribution in [0.2, 0.25) is 0 Å². The van der Waals surface area contributed by atoms with Gasteiger partial charge in [0.05, 0.1) is 6.54 Å². The molecule has 0 aliphatic carbocycles. The molecule has 4 heteroatoms. The van der Waals surface area contributed by atoms with Crippen molar-refractivity contribution in [2.24, 2.45) is 5.92 Å². The van der Waals surface area contributed by atoms with Gasteiger partial charge in [-0.05, 0) is 25.7 Å². The molecule has 0 spiro atoms. The van der Waals surface area contributed by atoms with Crippen molar-refractivity contribution in [3.05, 3.63) is 11.7 Å². The minimum absolute atomic E-state index is 0.544. The van der Waals surface area contributed by atoms with Gasteiger partial charge in [0.15, 0.2) is 5.82 Å². The first-order valence-electron chi connectivity index (χ1n) is 6.18. The van der Waals surface area contributed by atoms with Crippen LogP contribution < -0.4 is 5.32 Å². The Morgan fingerprint density at radius 2 is 2.06 bits per heavy atom. The van der Waals surface area contributed by atoms with E-state index in [-0.39, 0.29) is 0 Å². The molecule has 16 heavy (non-hydrogen) atoms. The molecule has 2 atom stereocenters. The van der Waals surface area contributed by atoms with Crippen LogP contribution in [-0.2, 0) is 6.54 Å². The maximum absolute atomic E-state index is 5.07. The van der Waals surface area contributed by atoms with E-state index in [1.165, 1.54) is 12.8 Å². The second-order valence-electron chi connectivity index (χ2n) is 4.47. The summed E-state index contributed by atoms with van der Waals surface area (Å²) in [6.07, 6.45) is 3.58. The predicted octanol–water partition coefficient (Wildman–Crippen LogP) is 2.68. The standard InChI is InChI=1S/C12H23N3O/c1-5-9(3)7-11(6-2)13-8-12-14-10(4)15-16-12/h9,11,13H,5-8H2,1-4H3. The van der Waals surface area contributed by atoms with E-state index in [0.29, 0.717) is 24.3 Å². The second kappa shape index (κ2) is 6.63. The fourth-order valence-corrected chi connectivity index (χ4v) is 1.69. The summed E-state index contributed by atoms with van der Waals surface area (Å²) in [5.41, 5.74) is 0. The van der Waals surface area contributed by atoms with Gasteiger partial charge >= 0.3 is 0 Å². The van der Waals surface area contributed by atoms with E-state index in [0.717, 1.165) is 12.3 Å². The van der Waals surface area contributed by atoms with Crippen molar-refractivity contribution < 1.29 is 4.52 Å². The molecule has 0 bridgehead atoms. The van der Waals surface area contributed by atoms with Crippen LogP contribution in [0, 0.1) is 12.8 Å². The third-order valence-electron chi connectivity index (χ3n) is 2.99. The number of hydrogen-bond acceptors (Lipinski definition) is 4. The Bertz CT molecular complexity index is 298. The Kier molecular flexibility index (Phi) is 5.46. The fraction of sp³-hybridized carbons (Fsp3) is 0.833. The van der Waals surface area contributed by atoms with Crippen molar-refractivity contribution in [2.75, 3.05) is 0 Å². The van der Waals surface area contributed by atoms with Crippen LogP contribution in [-0.4, -0.2) is 16.2 Å². The first-order valence-corrected chi connectivity index (χ1v) is 6.18. The Balaban J connectivity index is 2.33. The van der Waals surface area contributed by atoms with Crippen molar-refractivity contribution in [2.45, 2.75) is 59.5 Å². The number of aromatic nitrogens is 2. The molecule has 0 saturated heterocycles. The normalized spacial score (nSPS) is 15.0. The zero-order chi connectivity index (χ0) is 12.0. The highest BCUT2D eigenvalue weighted by molar-refractivity contribution is 4.83. The minimum Gasteiger partial charge on any atom is -0.338 e. The molecule has 0 saturated carbocycles. The van der Waals surface area contributed by atoms with Crippen LogP contribution in [0.3, 0.4) is 0 Å². The van der Waals surface area contributed by atoms with E-state index in [1.807, 2.05) is 6.92 Å². The quantitative estimate of drug-likeness (QED) is 0.775. The third-order valence-corrected chi connectivity index (χ3v) is 2.99. The smallest absolute Gasteiger partial charge is 0.240 e. The largest absolute Gasteiger partial charge is 0.338 e. The second-order valence-corrected chi connectivity index (χ2v) is 4.47. The molecule has 0 radical (unpaired) electrons. The molecule has 0 amide bonds. The van der Waals surface area contributed by atoms with E-state index < -0.39 is 0 Å². The summed E-state index contributed by atoms with van der Waals surface area (Å²) < 4.78 is 5.07. The van der Waals surface area contributed by atoms with E-state index in [4.69, 9.17) is 4.52 Å². The van der Waals surface area contributed by atoms with Crippen molar-refractivity contribution in [1.82, 2.24) is 15.5 Å². The minimum atomic E-state index is 0.544. The lowest BCUT2D eigenvalue weighted by molar-refractivity contribution is 0.332. The van der Waals surface area contributed by atoms with Crippen molar-refractivity contribution >= 4 is 0 Å². The van der Waals surface area contributed by atoms with Gasteiger partial charge in [-0.15, -0.1) is 0 Å². The van der Waals surface area contributed by atoms with Gasteiger partial charge in [-0.25, -0.2) is 0 Å². The van der Waals surface area contributed by atoms with Gasteiger partial charge in [-0.2, -0.15) is 4.98 Å². The fourth-order valence-electron chi connectivity index (χ4n) is 1.69. The summed E-state index contributed by atoms with van der Waals surface area (Å²) in [5.74, 6) is 2.15. The molecule has 4 nitrogen and oxygen atoms in total. The lowest BCUT2D eigenvalue weighted by Gasteiger charge is -2.19. The van der Waals surface area contributed by atoms with E-state index in [9.17, 15) is 0 Å². The van der Waals surface area contributed by atoms with Crippen molar-refractivity contribution in [3.8, 4) is 0 Å². The molecule has 0 fully saturated rings. The van der Waals surface area contributed by atoms with Gasteiger partial charge in [0, 0.05) is 6.04 Å². The third kappa shape index (κ3) is 4.31. The first kappa shape index (κ1) is 13.2. The van der Waals surface area contributed by atoms with Crippen LogP contribution >= 0.6 is 0 Å². The lowest BCUT2D eigenvalue weighted by Crippen LogP contribution is -2.29. The van der Waals surface area contributed by atoms with E-state index >= 15 is 0 Å². The molecule has 0 aliphatic rings. The van der Waals surface area contributed by atoms with Crippen molar-refractivity contribution in [3.63, 3.8) is 0 Å². The number of nitrogens with one attached hydrogen (secondary N) is 1. The number of aryl methyl sites for hydroxylation is 1. The Hall–Kier alpha value is -0.900. The van der Waals surface area contributed by atoms with Gasteiger partial charge in [0.1, 0.15) is 0 Å². The monoisotopic (exact) mass is 225 g/mol. The molecule has 1 heterocycles. The highest BCUT2D eigenvalue weighted by Gasteiger charge is 2.11. The molecule has 1 rings (SSSR count). The maximum atomic E-state index is 5.07. The summed E-state index contributed by atoms with van der Waals surface area (Å²) in [4.78, 5) is 4.18. The summed E-state index contributed by atoms with van der Waals surface area (Å²) in [5, 5.41) is 7.24. The highest BCUT2D eigenvalue weighted by Crippen LogP contribution is 2.12. The maximum Gasteiger partial charge on any atom is 0.240 e. The molecule has 1 aromatic heterocycles. The van der Waals surface area contributed by atoms with Crippen LogP contribution in [0.1, 0.15) is 51.7 Å². The lowest BCUT2D eigenvalue weighted by atomic mass is 9.98. The summed E-state index contributed by atoms with van der Waals surface area (Å²) in [6, 6.07) is 0.544. The Labute approximate surface area is 97.8 Å². The van der Waals surface area contributed by atoms with Crippen LogP contribution in [0.15, 0.2) is 4.52 Å². The van der Waals surface area contributed by atoms with E-state index in [2.05, 4.69) is 36.2 Å². The summed E-state index contributed by atoms with van der Waals surface area (Å²) in [6.45, 7) is 9.25. The average molecular weight is 225 g/mol. The van der Waals surface area contributed by atoms with Crippen LogP contribution in [0.5, 0.6) is 0 Å². The predicted molar refractivity (Wildman–Crippen MR) is 64.0 cm³/mol. The van der Waals surface area contributed by atoms with Crippen LogP contribution in [0.4, 0.5) is 0 Å². The average Bonchev–Trinajstić information content (AvgIpc) is 2.69. The van der Waals surface area contributed by atoms with Crippen molar-refractivity contribution in [1.29, 1.82) is 0 Å². The molecular formula is C12H23N3O. The molecule has 92 valence electrons. The van der Waals surface area contributed by atoms with Gasteiger partial charge in [-0.1, -0.05) is 32.3 Å². The number of nitrogens with zero attached hydrogens (tertiary/aromatic N) is 2. The summed E-state index contributed by atoms with van der Waals surface area (Å²) >= 11 is 0. The molecule has 2 unspecified atom stereocenters. The Morgan fingerprint density at radius 1 is 1.31 bits per heavy atom.